The molecule has 2 unspecified atom stereocenters. The van der Waals surface area contributed by atoms with Gasteiger partial charge in [0.15, 0.2) is 0 Å². The minimum absolute atomic E-state index is 0.0263. The fraction of sp³-hybridized carbons (Fsp3) is 0.900. The van der Waals surface area contributed by atoms with Gasteiger partial charge in [-0.25, -0.2) is 4.79 Å². The molecule has 86 valence electrons. The van der Waals surface area contributed by atoms with Crippen LogP contribution in [0.15, 0.2) is 0 Å². The maximum absolute atomic E-state index is 11.9. The second kappa shape index (κ2) is 4.81. The van der Waals surface area contributed by atoms with Crippen molar-refractivity contribution >= 4 is 6.03 Å². The Morgan fingerprint density at radius 3 is 3.07 bits per heavy atom. The van der Waals surface area contributed by atoms with Crippen molar-refractivity contribution in [3.05, 3.63) is 0 Å². The first-order valence-corrected chi connectivity index (χ1v) is 5.66. The first-order valence-electron chi connectivity index (χ1n) is 5.66. The minimum atomic E-state index is 0.0263. The average molecular weight is 213 g/mol. The minimum Gasteiger partial charge on any atom is -0.379 e. The maximum Gasteiger partial charge on any atom is 0.317 e. The Balaban J connectivity index is 1.83. The molecule has 3 N–H and O–H groups in total. The largest absolute Gasteiger partial charge is 0.379 e. The smallest absolute Gasteiger partial charge is 0.317 e. The zero-order valence-corrected chi connectivity index (χ0v) is 8.95. The lowest BCUT2D eigenvalue weighted by atomic mass is 10.2. The first-order chi connectivity index (χ1) is 7.31. The van der Waals surface area contributed by atoms with Crippen LogP contribution in [0.4, 0.5) is 4.79 Å². The summed E-state index contributed by atoms with van der Waals surface area (Å²) in [6.45, 7) is 2.80. The van der Waals surface area contributed by atoms with Gasteiger partial charge in [-0.1, -0.05) is 0 Å². The van der Waals surface area contributed by atoms with E-state index >= 15 is 0 Å². The molecule has 0 aromatic carbocycles. The van der Waals surface area contributed by atoms with E-state index in [0.717, 1.165) is 32.4 Å². The molecule has 0 radical (unpaired) electrons. The summed E-state index contributed by atoms with van der Waals surface area (Å²) < 4.78 is 5.22. The van der Waals surface area contributed by atoms with Crippen LogP contribution in [0.3, 0.4) is 0 Å². The monoisotopic (exact) mass is 213 g/mol. The molecule has 5 heteroatoms. The third-order valence-corrected chi connectivity index (χ3v) is 3.17. The Labute approximate surface area is 89.9 Å². The van der Waals surface area contributed by atoms with Crippen LogP contribution in [0.2, 0.25) is 0 Å². The first kappa shape index (κ1) is 10.7. The van der Waals surface area contributed by atoms with Gasteiger partial charge in [0.05, 0.1) is 12.6 Å². The molecule has 0 aromatic rings. The Bertz CT molecular complexity index is 229. The summed E-state index contributed by atoms with van der Waals surface area (Å²) in [5, 5.41) is 2.99. The maximum atomic E-state index is 11.9. The fourth-order valence-electron chi connectivity index (χ4n) is 2.25. The van der Waals surface area contributed by atoms with E-state index in [9.17, 15) is 4.79 Å². The van der Waals surface area contributed by atoms with Gasteiger partial charge in [0, 0.05) is 25.7 Å². The molecule has 2 aliphatic rings. The zero-order valence-electron chi connectivity index (χ0n) is 8.95. The van der Waals surface area contributed by atoms with E-state index in [1.807, 2.05) is 4.90 Å². The van der Waals surface area contributed by atoms with Gasteiger partial charge in [0.25, 0.3) is 0 Å². The van der Waals surface area contributed by atoms with E-state index in [2.05, 4.69) is 5.32 Å². The highest BCUT2D eigenvalue weighted by Gasteiger charge is 2.29. The molecule has 15 heavy (non-hydrogen) atoms. The van der Waals surface area contributed by atoms with Gasteiger partial charge in [0.1, 0.15) is 0 Å². The molecular weight excluding hydrogens is 194 g/mol. The summed E-state index contributed by atoms with van der Waals surface area (Å²) in [5.74, 6) is 0. The van der Waals surface area contributed by atoms with Crippen LogP contribution in [0.1, 0.15) is 19.3 Å². The van der Waals surface area contributed by atoms with Crippen molar-refractivity contribution in [2.45, 2.75) is 31.3 Å². The van der Waals surface area contributed by atoms with Crippen LogP contribution < -0.4 is 11.1 Å². The molecule has 2 amide bonds. The summed E-state index contributed by atoms with van der Waals surface area (Å²) in [6, 6.07) is 0.447. The summed E-state index contributed by atoms with van der Waals surface area (Å²) in [4.78, 5) is 13.7. The van der Waals surface area contributed by atoms with E-state index in [-0.39, 0.29) is 18.1 Å². The molecule has 2 atom stereocenters. The normalized spacial score (nSPS) is 30.9. The Kier molecular flexibility index (Phi) is 3.43. The summed E-state index contributed by atoms with van der Waals surface area (Å²) in [7, 11) is 0. The van der Waals surface area contributed by atoms with Crippen molar-refractivity contribution in [1.29, 1.82) is 0 Å². The van der Waals surface area contributed by atoms with E-state index in [4.69, 9.17) is 10.5 Å². The van der Waals surface area contributed by atoms with Crippen LogP contribution in [-0.2, 0) is 4.74 Å². The van der Waals surface area contributed by atoms with Crippen molar-refractivity contribution in [1.82, 2.24) is 10.2 Å². The van der Waals surface area contributed by atoms with Gasteiger partial charge >= 0.3 is 6.03 Å². The number of hydrogen-bond donors (Lipinski definition) is 2. The lowest BCUT2D eigenvalue weighted by molar-refractivity contribution is 0.176. The SMILES string of the molecule is NCC1CCCN1C(=O)NC1CCOC1. The standard InChI is InChI=1S/C10H19N3O2/c11-6-9-2-1-4-13(9)10(14)12-8-3-5-15-7-8/h8-9H,1-7,11H2,(H,12,14). The third kappa shape index (κ3) is 2.41. The number of nitrogens with two attached hydrogens (primary N) is 1. The van der Waals surface area contributed by atoms with Crippen LogP contribution in [-0.4, -0.2) is 49.3 Å². The third-order valence-electron chi connectivity index (χ3n) is 3.17. The lowest BCUT2D eigenvalue weighted by Crippen LogP contribution is -2.48. The average Bonchev–Trinajstić information content (AvgIpc) is 2.86. The van der Waals surface area contributed by atoms with E-state index in [1.165, 1.54) is 0 Å². The Morgan fingerprint density at radius 2 is 2.40 bits per heavy atom. The highest BCUT2D eigenvalue weighted by atomic mass is 16.5. The van der Waals surface area contributed by atoms with Crippen LogP contribution >= 0.6 is 0 Å². The number of rotatable bonds is 2. The molecule has 0 aromatic heterocycles. The van der Waals surface area contributed by atoms with Gasteiger partial charge in [-0.2, -0.15) is 0 Å². The molecule has 0 spiro atoms. The summed E-state index contributed by atoms with van der Waals surface area (Å²) >= 11 is 0. The molecule has 5 nitrogen and oxygen atoms in total. The number of carbonyl (C=O) groups excluding carboxylic acids is 1. The number of carbonyl (C=O) groups is 1. The molecular formula is C10H19N3O2. The molecule has 0 saturated carbocycles. The Morgan fingerprint density at radius 1 is 1.53 bits per heavy atom. The number of nitrogens with one attached hydrogen (secondary N) is 1. The van der Waals surface area contributed by atoms with Crippen LogP contribution in [0.25, 0.3) is 0 Å². The highest BCUT2D eigenvalue weighted by Crippen LogP contribution is 2.16. The number of likely N-dealkylation sites (tertiary alicyclic amines) is 1. The second-order valence-electron chi connectivity index (χ2n) is 4.24. The van der Waals surface area contributed by atoms with Gasteiger partial charge in [0.2, 0.25) is 0 Å². The molecule has 2 saturated heterocycles. The van der Waals surface area contributed by atoms with Crippen molar-refractivity contribution in [3.63, 3.8) is 0 Å². The highest BCUT2D eigenvalue weighted by molar-refractivity contribution is 5.75. The van der Waals surface area contributed by atoms with Gasteiger partial charge in [-0.15, -0.1) is 0 Å². The van der Waals surface area contributed by atoms with Crippen molar-refractivity contribution in [2.75, 3.05) is 26.3 Å². The van der Waals surface area contributed by atoms with Crippen LogP contribution in [0.5, 0.6) is 0 Å². The Hall–Kier alpha value is -0.810. The van der Waals surface area contributed by atoms with Gasteiger partial charge in [-0.3, -0.25) is 0 Å². The molecule has 2 fully saturated rings. The van der Waals surface area contributed by atoms with Crippen molar-refractivity contribution in [3.8, 4) is 0 Å². The number of ether oxygens (including phenoxy) is 1. The zero-order chi connectivity index (χ0) is 10.7. The molecule has 2 heterocycles. The molecule has 0 bridgehead atoms. The molecule has 0 aliphatic carbocycles. The molecule has 2 rings (SSSR count). The fourth-order valence-corrected chi connectivity index (χ4v) is 2.25. The predicted octanol–water partition coefficient (Wildman–Crippen LogP) is -0.0920. The second-order valence-corrected chi connectivity index (χ2v) is 4.24. The number of nitrogens with zero attached hydrogens (tertiary/aromatic N) is 1. The summed E-state index contributed by atoms with van der Waals surface area (Å²) in [6.07, 6.45) is 3.02. The molecule has 2 aliphatic heterocycles. The number of amides is 2. The van der Waals surface area contributed by atoms with E-state index in [1.54, 1.807) is 0 Å². The van der Waals surface area contributed by atoms with Gasteiger partial charge in [-0.05, 0) is 19.3 Å². The van der Waals surface area contributed by atoms with Gasteiger partial charge < -0.3 is 20.7 Å². The van der Waals surface area contributed by atoms with E-state index < -0.39 is 0 Å². The number of hydrogen-bond acceptors (Lipinski definition) is 3. The summed E-state index contributed by atoms with van der Waals surface area (Å²) in [5.41, 5.74) is 5.62. The predicted molar refractivity (Wildman–Crippen MR) is 56.5 cm³/mol. The van der Waals surface area contributed by atoms with Crippen LogP contribution in [0, 0.1) is 0 Å². The lowest BCUT2D eigenvalue weighted by Gasteiger charge is -2.25. The number of urea groups is 1. The van der Waals surface area contributed by atoms with E-state index in [0.29, 0.717) is 13.2 Å². The van der Waals surface area contributed by atoms with Crippen molar-refractivity contribution < 1.29 is 9.53 Å². The van der Waals surface area contributed by atoms with Crippen molar-refractivity contribution in [2.24, 2.45) is 5.73 Å². The topological polar surface area (TPSA) is 67.6 Å². The quantitative estimate of drug-likeness (QED) is 0.673.